The first-order chi connectivity index (χ1) is 26.1. The number of methoxy groups -OCH3 is 1. The Kier molecular flexibility index (Phi) is 10.3. The molecule has 3 N–H and O–H groups in total. The molecule has 4 heterocycles. The number of fused-ring (bicyclic) bond motifs is 5. The van der Waals surface area contributed by atoms with Gasteiger partial charge in [0.25, 0.3) is 5.91 Å². The van der Waals surface area contributed by atoms with Gasteiger partial charge in [0.1, 0.15) is 40.3 Å². The molecule has 1 spiro atoms. The van der Waals surface area contributed by atoms with Crippen LogP contribution in [-0.2, 0) is 42.0 Å². The van der Waals surface area contributed by atoms with Crippen LogP contribution in [0.4, 0.5) is 4.79 Å². The lowest BCUT2D eigenvalue weighted by Gasteiger charge is -2.37. The van der Waals surface area contributed by atoms with Gasteiger partial charge in [-0.15, -0.1) is 0 Å². The molecule has 0 bridgehead atoms. The first-order valence-corrected chi connectivity index (χ1v) is 21.1. The van der Waals surface area contributed by atoms with Crippen molar-refractivity contribution in [3.8, 4) is 11.5 Å². The van der Waals surface area contributed by atoms with Crippen LogP contribution in [0.3, 0.4) is 0 Å². The van der Waals surface area contributed by atoms with E-state index in [-0.39, 0.29) is 19.4 Å². The maximum Gasteiger partial charge on any atom is 0.408 e. The van der Waals surface area contributed by atoms with Crippen LogP contribution in [0.2, 0.25) is 0 Å². The van der Waals surface area contributed by atoms with E-state index in [9.17, 15) is 27.6 Å². The molecule has 0 radical (unpaired) electrons. The van der Waals surface area contributed by atoms with Gasteiger partial charge in [-0.25, -0.2) is 18.2 Å². The third-order valence-corrected chi connectivity index (χ3v) is 13.3. The number of hydrogen-bond donors (Lipinski definition) is 3. The normalized spacial score (nSPS) is 28.5. The second kappa shape index (κ2) is 14.6. The number of aromatic nitrogens is 1. The minimum Gasteiger partial charge on any atom is -0.497 e. The highest BCUT2D eigenvalue weighted by atomic mass is 32.2. The minimum atomic E-state index is -3.89. The van der Waals surface area contributed by atoms with Gasteiger partial charge in [0.15, 0.2) is 0 Å². The molecule has 1 saturated heterocycles. The zero-order valence-electron chi connectivity index (χ0n) is 32.4. The van der Waals surface area contributed by atoms with Crippen LogP contribution >= 0.6 is 0 Å². The summed E-state index contributed by atoms with van der Waals surface area (Å²) in [4.78, 5) is 62.7. The van der Waals surface area contributed by atoms with Crippen molar-refractivity contribution in [1.82, 2.24) is 25.2 Å². The molecule has 1 aromatic carbocycles. The third kappa shape index (κ3) is 7.99. The summed E-state index contributed by atoms with van der Waals surface area (Å²) in [5.41, 5.74) is -0.720. The largest absolute Gasteiger partial charge is 0.497 e. The molecule has 4 amide bonds. The van der Waals surface area contributed by atoms with Crippen molar-refractivity contribution in [2.45, 2.75) is 139 Å². The van der Waals surface area contributed by atoms with Gasteiger partial charge < -0.3 is 29.7 Å². The number of alkyl carbamates (subject to hydrolysis) is 1. The number of amides is 4. The number of benzene rings is 1. The fraction of sp³-hybridized carbons (Fsp3) is 0.625. The van der Waals surface area contributed by atoms with Crippen molar-refractivity contribution in [2.24, 2.45) is 5.92 Å². The van der Waals surface area contributed by atoms with E-state index in [1.807, 2.05) is 37.3 Å². The monoisotopic (exact) mass is 779 g/mol. The summed E-state index contributed by atoms with van der Waals surface area (Å²) in [6, 6.07) is 3.66. The van der Waals surface area contributed by atoms with Gasteiger partial charge in [0.05, 0.1) is 30.1 Å². The smallest absolute Gasteiger partial charge is 0.408 e. The average molecular weight is 780 g/mol. The van der Waals surface area contributed by atoms with E-state index in [0.29, 0.717) is 62.9 Å². The second-order valence-corrected chi connectivity index (χ2v) is 18.7. The van der Waals surface area contributed by atoms with Crippen molar-refractivity contribution in [1.29, 1.82) is 0 Å². The molecule has 3 aliphatic heterocycles. The first-order valence-electron chi connectivity index (χ1n) is 19.6. The number of nitrogens with zero attached hydrogens (tertiary/aromatic N) is 2. The molecule has 298 valence electrons. The summed E-state index contributed by atoms with van der Waals surface area (Å²) in [7, 11) is -2.28. The van der Waals surface area contributed by atoms with E-state index in [2.05, 4.69) is 15.4 Å². The third-order valence-electron chi connectivity index (χ3n) is 11.5. The first kappa shape index (κ1) is 38.9. The van der Waals surface area contributed by atoms with Crippen molar-refractivity contribution in [3.63, 3.8) is 0 Å². The van der Waals surface area contributed by atoms with Gasteiger partial charge in [-0.3, -0.25) is 19.1 Å². The van der Waals surface area contributed by atoms with Gasteiger partial charge in [0, 0.05) is 23.3 Å². The van der Waals surface area contributed by atoms with Crippen LogP contribution in [0, 0.1) is 5.92 Å². The number of carbonyl (C=O) groups excluding carboxylic acids is 4. The molecule has 7 rings (SSSR count). The summed E-state index contributed by atoms with van der Waals surface area (Å²) in [6.45, 7) is 7.28. The highest BCUT2D eigenvalue weighted by molar-refractivity contribution is 7.91. The number of allylic oxidation sites excluding steroid dienone is 1. The summed E-state index contributed by atoms with van der Waals surface area (Å²) in [6.07, 6.45) is 9.30. The van der Waals surface area contributed by atoms with E-state index in [4.69, 9.17) is 19.2 Å². The zero-order chi connectivity index (χ0) is 39.3. The number of sulfonamides is 1. The number of aryl methyl sites for hydroxylation is 2. The zero-order valence-corrected chi connectivity index (χ0v) is 33.2. The molecule has 55 heavy (non-hydrogen) atoms. The number of rotatable bonds is 6. The highest BCUT2D eigenvalue weighted by Gasteiger charge is 2.63. The Hall–Kier alpha value is -4.40. The van der Waals surface area contributed by atoms with E-state index >= 15 is 0 Å². The van der Waals surface area contributed by atoms with Crippen LogP contribution in [-0.4, -0.2) is 89.8 Å². The lowest BCUT2D eigenvalue weighted by atomic mass is 9.87. The van der Waals surface area contributed by atoms with Crippen LogP contribution in [0.15, 0.2) is 30.4 Å². The SMILES string of the molecule is CCc1nc2ccc(OC)cc2c2c1OC1(CC2)CC2C(=O)NC3(C(=O)NS(=O)(=O)C4CC4)CC3C=CCCCCCC(NC(=O)OC(C)(C)C)C(=O)N2C1. The molecule has 3 fully saturated rings. The lowest BCUT2D eigenvalue weighted by molar-refractivity contribution is -0.141. The summed E-state index contributed by atoms with van der Waals surface area (Å²) in [5.74, 6) is -0.914. The number of ether oxygens (including phenoxy) is 3. The van der Waals surface area contributed by atoms with Crippen molar-refractivity contribution >= 4 is 44.7 Å². The van der Waals surface area contributed by atoms with E-state index in [0.717, 1.165) is 35.0 Å². The van der Waals surface area contributed by atoms with Crippen molar-refractivity contribution < 1.29 is 41.8 Å². The van der Waals surface area contributed by atoms with Crippen molar-refractivity contribution in [3.05, 3.63) is 41.6 Å². The molecule has 5 aliphatic rings. The van der Waals surface area contributed by atoms with Gasteiger partial charge in [-0.05, 0) is 96.8 Å². The Balaban J connectivity index is 1.25. The molecule has 15 heteroatoms. The standard InChI is InChI=1S/C40H53N5O9S/c1-6-29-33-27(28-20-25(52-5)14-17-30(28)41-29)18-19-39(53-33)22-32-34(46)43-40(36(48)44-55(50,51)26-15-16-26)21-24(40)12-10-8-7-9-11-13-31(35(47)45(32)23-39)42-37(49)54-38(2,3)4/h10,12,14,17,20,24,26,31-32H,6-9,11,13,15-16,18-19,21-23H2,1-5H3,(H,42,49)(H,43,46)(H,44,48). The predicted molar refractivity (Wildman–Crippen MR) is 204 cm³/mol. The van der Waals surface area contributed by atoms with E-state index in [1.54, 1.807) is 27.9 Å². The topological polar surface area (TPSA) is 182 Å². The number of nitrogens with one attached hydrogen (secondary N) is 3. The molecule has 5 unspecified atom stereocenters. The quantitative estimate of drug-likeness (QED) is 0.356. The molecular weight excluding hydrogens is 727 g/mol. The van der Waals surface area contributed by atoms with Gasteiger partial charge in [-0.1, -0.05) is 31.9 Å². The fourth-order valence-electron chi connectivity index (χ4n) is 8.29. The number of carbonyl (C=O) groups is 4. The number of pyridine rings is 1. The summed E-state index contributed by atoms with van der Waals surface area (Å²) >= 11 is 0. The van der Waals surface area contributed by atoms with Crippen LogP contribution in [0.5, 0.6) is 11.5 Å². The van der Waals surface area contributed by atoms with Gasteiger partial charge >= 0.3 is 6.09 Å². The van der Waals surface area contributed by atoms with E-state index < -0.39 is 73.8 Å². The van der Waals surface area contributed by atoms with Crippen LogP contribution in [0.25, 0.3) is 10.9 Å². The predicted octanol–water partition coefficient (Wildman–Crippen LogP) is 4.37. The van der Waals surface area contributed by atoms with Gasteiger partial charge in [0.2, 0.25) is 21.8 Å². The van der Waals surface area contributed by atoms with E-state index in [1.165, 1.54) is 4.90 Å². The molecule has 5 atom stereocenters. The van der Waals surface area contributed by atoms with Gasteiger partial charge in [-0.2, -0.15) is 0 Å². The van der Waals surface area contributed by atoms with Crippen LogP contribution < -0.4 is 24.8 Å². The maximum atomic E-state index is 14.7. The Morgan fingerprint density at radius 3 is 2.60 bits per heavy atom. The second-order valence-electron chi connectivity index (χ2n) is 16.8. The average Bonchev–Trinajstić information content (AvgIpc) is 4.06. The Bertz CT molecular complexity index is 2030. The Morgan fingerprint density at radius 2 is 1.89 bits per heavy atom. The van der Waals surface area contributed by atoms with Crippen LogP contribution in [0.1, 0.15) is 103 Å². The molecule has 2 aliphatic carbocycles. The molecule has 2 saturated carbocycles. The fourth-order valence-corrected chi connectivity index (χ4v) is 9.66. The molecule has 14 nitrogen and oxygen atoms in total. The Labute approximate surface area is 322 Å². The molecule has 1 aromatic heterocycles. The maximum absolute atomic E-state index is 14.7. The summed E-state index contributed by atoms with van der Waals surface area (Å²) in [5, 5.41) is 6.02. The van der Waals surface area contributed by atoms with Crippen molar-refractivity contribution in [2.75, 3.05) is 13.7 Å². The molecular formula is C40H53N5O9S. The lowest BCUT2D eigenvalue weighted by Crippen LogP contribution is -2.58. The summed E-state index contributed by atoms with van der Waals surface area (Å²) < 4.78 is 46.1. The number of hydrogen-bond acceptors (Lipinski definition) is 10. The Morgan fingerprint density at radius 1 is 1.11 bits per heavy atom. The molecule has 2 aromatic rings. The highest BCUT2D eigenvalue weighted by Crippen LogP contribution is 2.48. The minimum absolute atomic E-state index is 0.0494.